The van der Waals surface area contributed by atoms with Crippen molar-refractivity contribution < 1.29 is 4.39 Å². The monoisotopic (exact) mass is 553 g/mol. The van der Waals surface area contributed by atoms with Crippen LogP contribution in [0.25, 0.3) is 10.9 Å². The van der Waals surface area contributed by atoms with Crippen molar-refractivity contribution in [3.63, 3.8) is 0 Å². The lowest BCUT2D eigenvalue weighted by Gasteiger charge is -2.23. The van der Waals surface area contributed by atoms with Crippen molar-refractivity contribution in [3.8, 4) is 6.07 Å². The number of nitrogens with zero attached hydrogens (tertiary/aromatic N) is 3. The second-order valence-corrected chi connectivity index (χ2v) is 10.5. The van der Waals surface area contributed by atoms with Gasteiger partial charge in [-0.05, 0) is 54.7 Å². The fraction of sp³-hybridized carbons (Fsp3) is 0.226. The Morgan fingerprint density at radius 3 is 2.62 bits per heavy atom. The van der Waals surface area contributed by atoms with E-state index in [0.717, 1.165) is 41.5 Å². The molecule has 1 saturated carbocycles. The van der Waals surface area contributed by atoms with Gasteiger partial charge in [0, 0.05) is 29.5 Å². The Bertz CT molecular complexity index is 1610. The molecule has 2 atom stereocenters. The molecule has 1 aromatic heterocycles. The number of anilines is 2. The van der Waals surface area contributed by atoms with Crippen LogP contribution in [0.2, 0.25) is 5.02 Å². The standard InChI is InChI=1S/C31H29ClFN7/c1-2-27(19-7-4-3-5-8-19)37-29-21(16-34)17-35-31-25(29)14-23(15-26(31)32)36-30(20-9-6-10-22(33)13-20)28-18-40(39-38-28)24-11-12-24/h3-10,13-15,17-18,24,27,30,36,38-39H,2,11-12H2,1H3,(H,35,37)/t27-,30+/m1/s1. The second-order valence-electron chi connectivity index (χ2n) is 10.1. The molecule has 1 aliphatic carbocycles. The van der Waals surface area contributed by atoms with Crippen molar-refractivity contribution in [1.29, 1.82) is 5.26 Å². The first-order valence-corrected chi connectivity index (χ1v) is 13.8. The van der Waals surface area contributed by atoms with Crippen molar-refractivity contribution in [2.75, 3.05) is 10.6 Å². The lowest BCUT2D eigenvalue weighted by atomic mass is 10.0. The van der Waals surface area contributed by atoms with E-state index in [-0.39, 0.29) is 11.9 Å². The van der Waals surface area contributed by atoms with Crippen LogP contribution in [0, 0.1) is 17.1 Å². The van der Waals surface area contributed by atoms with Crippen LogP contribution in [0.3, 0.4) is 0 Å². The molecule has 0 amide bonds. The molecule has 40 heavy (non-hydrogen) atoms. The Balaban J connectivity index is 1.41. The van der Waals surface area contributed by atoms with Crippen molar-refractivity contribution >= 4 is 33.9 Å². The van der Waals surface area contributed by atoms with Crippen LogP contribution in [0.15, 0.2) is 84.8 Å². The summed E-state index contributed by atoms with van der Waals surface area (Å²) in [5.74, 6) is -0.313. The summed E-state index contributed by atoms with van der Waals surface area (Å²) in [4.78, 5) is 4.51. The third-order valence-electron chi connectivity index (χ3n) is 7.33. The van der Waals surface area contributed by atoms with Gasteiger partial charge in [-0.3, -0.25) is 9.99 Å². The Labute approximate surface area is 237 Å². The van der Waals surface area contributed by atoms with E-state index < -0.39 is 6.04 Å². The molecule has 4 aromatic rings. The first-order chi connectivity index (χ1) is 19.5. The van der Waals surface area contributed by atoms with E-state index in [0.29, 0.717) is 33.5 Å². The molecule has 0 radical (unpaired) electrons. The van der Waals surface area contributed by atoms with E-state index in [1.807, 2.05) is 42.6 Å². The topological polar surface area (TPSA) is 88.0 Å². The zero-order chi connectivity index (χ0) is 27.6. The molecule has 0 unspecified atom stereocenters. The molecule has 0 saturated heterocycles. The SMILES string of the molecule is CC[C@@H](Nc1c(C#N)cnc2c(Cl)cc(N[C@H](C3=CN(C4CC4)NN3)c3cccc(F)c3)cc12)c1ccccc1. The Morgan fingerprint density at radius 2 is 1.90 bits per heavy atom. The average molecular weight is 554 g/mol. The van der Waals surface area contributed by atoms with Crippen molar-refractivity contribution in [3.05, 3.63) is 112 Å². The highest BCUT2D eigenvalue weighted by molar-refractivity contribution is 6.35. The molecule has 2 aliphatic rings. The van der Waals surface area contributed by atoms with E-state index in [1.54, 1.807) is 12.3 Å². The number of hydrogen-bond donors (Lipinski definition) is 4. The van der Waals surface area contributed by atoms with Gasteiger partial charge in [0.05, 0.1) is 39.6 Å². The maximum absolute atomic E-state index is 14.3. The van der Waals surface area contributed by atoms with Crippen LogP contribution in [0.5, 0.6) is 0 Å². The molecule has 202 valence electrons. The minimum Gasteiger partial charge on any atom is -0.377 e. The van der Waals surface area contributed by atoms with E-state index in [4.69, 9.17) is 11.6 Å². The number of rotatable bonds is 9. The predicted octanol–water partition coefficient (Wildman–Crippen LogP) is 6.94. The normalized spacial score (nSPS) is 16.1. The summed E-state index contributed by atoms with van der Waals surface area (Å²) in [6.45, 7) is 2.10. The number of hydrazine groups is 2. The van der Waals surface area contributed by atoms with Crippen molar-refractivity contribution in [2.24, 2.45) is 0 Å². The predicted molar refractivity (Wildman–Crippen MR) is 157 cm³/mol. The molecule has 7 nitrogen and oxygen atoms in total. The summed E-state index contributed by atoms with van der Waals surface area (Å²) in [5.41, 5.74) is 11.6. The molecule has 3 aromatic carbocycles. The van der Waals surface area contributed by atoms with Gasteiger partial charge in [-0.2, -0.15) is 5.26 Å². The molecular weight excluding hydrogens is 525 g/mol. The van der Waals surface area contributed by atoms with E-state index in [1.165, 1.54) is 12.1 Å². The van der Waals surface area contributed by atoms with E-state index in [2.05, 4.69) is 56.7 Å². The summed E-state index contributed by atoms with van der Waals surface area (Å²) in [7, 11) is 0. The molecule has 2 heterocycles. The number of aromatic nitrogens is 1. The zero-order valence-electron chi connectivity index (χ0n) is 22.0. The van der Waals surface area contributed by atoms with Gasteiger partial charge < -0.3 is 16.1 Å². The fourth-order valence-corrected chi connectivity index (χ4v) is 5.37. The summed E-state index contributed by atoms with van der Waals surface area (Å²) < 4.78 is 14.3. The van der Waals surface area contributed by atoms with E-state index >= 15 is 0 Å². The highest BCUT2D eigenvalue weighted by atomic mass is 35.5. The van der Waals surface area contributed by atoms with Crippen LogP contribution < -0.4 is 21.6 Å². The average Bonchev–Trinajstić information content (AvgIpc) is 3.71. The van der Waals surface area contributed by atoms with Gasteiger partial charge >= 0.3 is 0 Å². The lowest BCUT2D eigenvalue weighted by molar-refractivity contribution is 0.260. The largest absolute Gasteiger partial charge is 0.377 e. The summed E-state index contributed by atoms with van der Waals surface area (Å²) in [5, 5.41) is 20.3. The number of fused-ring (bicyclic) bond motifs is 1. The van der Waals surface area contributed by atoms with Gasteiger partial charge in [0.25, 0.3) is 0 Å². The molecular formula is C31H29ClFN7. The van der Waals surface area contributed by atoms with Crippen LogP contribution in [-0.2, 0) is 0 Å². The Morgan fingerprint density at radius 1 is 1.10 bits per heavy atom. The minimum absolute atomic E-state index is 0.0124. The molecule has 1 fully saturated rings. The molecule has 0 bridgehead atoms. The molecule has 9 heteroatoms. The van der Waals surface area contributed by atoms with Gasteiger partial charge in [0.15, 0.2) is 0 Å². The number of pyridine rings is 1. The number of hydrogen-bond acceptors (Lipinski definition) is 7. The smallest absolute Gasteiger partial charge is 0.123 e. The van der Waals surface area contributed by atoms with Crippen LogP contribution in [-0.4, -0.2) is 16.0 Å². The molecule has 0 spiro atoms. The van der Waals surface area contributed by atoms with Gasteiger partial charge in [-0.15, -0.1) is 5.53 Å². The fourth-order valence-electron chi connectivity index (χ4n) is 5.10. The molecule has 4 N–H and O–H groups in total. The summed E-state index contributed by atoms with van der Waals surface area (Å²) in [6.07, 6.45) is 6.65. The lowest BCUT2D eigenvalue weighted by Crippen LogP contribution is -2.38. The summed E-state index contributed by atoms with van der Waals surface area (Å²) in [6, 6.07) is 22.8. The number of nitriles is 1. The maximum atomic E-state index is 14.3. The van der Waals surface area contributed by atoms with Gasteiger partial charge in [0.2, 0.25) is 0 Å². The highest BCUT2D eigenvalue weighted by Gasteiger charge is 2.32. The van der Waals surface area contributed by atoms with E-state index in [9.17, 15) is 9.65 Å². The Hall–Kier alpha value is -4.32. The number of halogens is 2. The molecule has 1 aliphatic heterocycles. The van der Waals surface area contributed by atoms with Crippen molar-refractivity contribution in [1.82, 2.24) is 21.0 Å². The Kier molecular flexibility index (Phi) is 7.16. The minimum atomic E-state index is -0.392. The first-order valence-electron chi connectivity index (χ1n) is 13.4. The number of nitrogens with one attached hydrogen (secondary N) is 4. The summed E-state index contributed by atoms with van der Waals surface area (Å²) >= 11 is 6.78. The van der Waals surface area contributed by atoms with Gasteiger partial charge in [-0.1, -0.05) is 61.0 Å². The zero-order valence-corrected chi connectivity index (χ0v) is 22.7. The third kappa shape index (κ3) is 5.26. The molecule has 6 rings (SSSR count). The second kappa shape index (κ2) is 11.0. The maximum Gasteiger partial charge on any atom is 0.123 e. The quantitative estimate of drug-likeness (QED) is 0.178. The van der Waals surface area contributed by atoms with Crippen LogP contribution in [0.1, 0.15) is 55.0 Å². The first kappa shape index (κ1) is 25.9. The van der Waals surface area contributed by atoms with Crippen LogP contribution >= 0.6 is 11.6 Å². The van der Waals surface area contributed by atoms with Gasteiger partial charge in [0.1, 0.15) is 11.9 Å². The highest BCUT2D eigenvalue weighted by Crippen LogP contribution is 2.38. The van der Waals surface area contributed by atoms with Crippen molar-refractivity contribution in [2.45, 2.75) is 44.3 Å². The number of benzene rings is 3. The van der Waals surface area contributed by atoms with Crippen LogP contribution in [0.4, 0.5) is 15.8 Å². The third-order valence-corrected chi connectivity index (χ3v) is 7.61. The van der Waals surface area contributed by atoms with Gasteiger partial charge in [-0.25, -0.2) is 4.39 Å².